The summed E-state index contributed by atoms with van der Waals surface area (Å²) in [5.74, 6) is -0.114. The van der Waals surface area contributed by atoms with E-state index in [1.807, 2.05) is 49.4 Å². The SMILES string of the molecule is COc1ccc2[nH]c(C(=O)NN=Cc3cc(Br)cc(Br)c3OC(=O)c3ccc(C)cc3)c(-c3ccccc3Cl)c2c1. The van der Waals surface area contributed by atoms with E-state index in [1.54, 1.807) is 43.5 Å². The fraction of sp³-hybridized carbons (Fsp3) is 0.0645. The van der Waals surface area contributed by atoms with Crippen molar-refractivity contribution in [1.82, 2.24) is 10.4 Å². The maximum Gasteiger partial charge on any atom is 0.343 e. The molecule has 1 aromatic heterocycles. The summed E-state index contributed by atoms with van der Waals surface area (Å²) in [5, 5.41) is 5.44. The number of fused-ring (bicyclic) bond motifs is 1. The number of esters is 1. The maximum absolute atomic E-state index is 13.4. The Morgan fingerprint density at radius 1 is 1.00 bits per heavy atom. The Kier molecular flexibility index (Phi) is 8.58. The van der Waals surface area contributed by atoms with Crippen molar-refractivity contribution in [2.24, 2.45) is 5.10 Å². The van der Waals surface area contributed by atoms with Crippen LogP contribution in [0.4, 0.5) is 0 Å². The number of aromatic amines is 1. The molecule has 7 nitrogen and oxygen atoms in total. The molecule has 0 unspecified atom stereocenters. The van der Waals surface area contributed by atoms with Gasteiger partial charge >= 0.3 is 5.97 Å². The molecular formula is C31H22Br2ClN3O4. The van der Waals surface area contributed by atoms with Crippen molar-refractivity contribution in [3.05, 3.63) is 115 Å². The van der Waals surface area contributed by atoms with Crippen molar-refractivity contribution in [1.29, 1.82) is 0 Å². The first kappa shape index (κ1) is 28.6. The standard InChI is InChI=1S/C31H22Br2ClN3O4/c1-17-7-9-18(10-8-17)31(39)41-29-19(13-20(32)14-24(29)33)16-35-37-30(38)28-27(22-5-3-4-6-25(22)34)23-15-21(40-2)11-12-26(23)36-28/h3-16,36H,1-2H3,(H,37,38). The molecule has 5 aromatic rings. The third-order valence-corrected chi connectivity index (χ3v) is 7.64. The van der Waals surface area contributed by atoms with Crippen LogP contribution in [0, 0.1) is 6.92 Å². The molecule has 206 valence electrons. The second kappa shape index (κ2) is 12.3. The third-order valence-electron chi connectivity index (χ3n) is 6.26. The number of halogens is 3. The molecule has 10 heteroatoms. The van der Waals surface area contributed by atoms with Gasteiger partial charge in [0.1, 0.15) is 11.4 Å². The second-order valence-electron chi connectivity index (χ2n) is 9.03. The number of rotatable bonds is 7. The van der Waals surface area contributed by atoms with Crippen LogP contribution in [0.25, 0.3) is 22.0 Å². The molecule has 1 heterocycles. The largest absolute Gasteiger partial charge is 0.497 e. The fourth-order valence-corrected chi connectivity index (χ4v) is 5.82. The van der Waals surface area contributed by atoms with Crippen molar-refractivity contribution in [3.63, 3.8) is 0 Å². The number of carbonyl (C=O) groups excluding carboxylic acids is 2. The number of nitrogens with one attached hydrogen (secondary N) is 2. The van der Waals surface area contributed by atoms with Crippen LogP contribution < -0.4 is 14.9 Å². The molecule has 5 rings (SSSR count). The topological polar surface area (TPSA) is 92.8 Å². The Bertz CT molecular complexity index is 1820. The van der Waals surface area contributed by atoms with Crippen molar-refractivity contribution in [3.8, 4) is 22.6 Å². The number of aryl methyl sites for hydroxylation is 1. The number of nitrogens with zero attached hydrogens (tertiary/aromatic N) is 1. The van der Waals surface area contributed by atoms with Gasteiger partial charge in [-0.1, -0.05) is 63.4 Å². The van der Waals surface area contributed by atoms with Crippen molar-refractivity contribution < 1.29 is 19.1 Å². The van der Waals surface area contributed by atoms with Crippen LogP contribution in [-0.2, 0) is 0 Å². The van der Waals surface area contributed by atoms with Crippen LogP contribution in [0.1, 0.15) is 32.0 Å². The summed E-state index contributed by atoms with van der Waals surface area (Å²) in [5.41, 5.74) is 6.79. The first-order chi connectivity index (χ1) is 19.7. The highest BCUT2D eigenvalue weighted by atomic mass is 79.9. The number of H-pyrrole nitrogens is 1. The minimum Gasteiger partial charge on any atom is -0.497 e. The monoisotopic (exact) mass is 693 g/mol. The molecule has 0 saturated carbocycles. The molecule has 4 aromatic carbocycles. The fourth-order valence-electron chi connectivity index (χ4n) is 4.25. The van der Waals surface area contributed by atoms with Gasteiger partial charge in [-0.05, 0) is 71.4 Å². The van der Waals surface area contributed by atoms with Gasteiger partial charge in [-0.3, -0.25) is 4.79 Å². The van der Waals surface area contributed by atoms with Crippen LogP contribution in [0.3, 0.4) is 0 Å². The lowest BCUT2D eigenvalue weighted by Crippen LogP contribution is -2.19. The van der Waals surface area contributed by atoms with Gasteiger partial charge in [0.15, 0.2) is 5.75 Å². The van der Waals surface area contributed by atoms with Gasteiger partial charge < -0.3 is 14.5 Å². The van der Waals surface area contributed by atoms with E-state index in [4.69, 9.17) is 21.1 Å². The van der Waals surface area contributed by atoms with E-state index in [1.165, 1.54) is 6.21 Å². The van der Waals surface area contributed by atoms with Gasteiger partial charge in [0.05, 0.1) is 23.4 Å². The highest BCUT2D eigenvalue weighted by Crippen LogP contribution is 2.38. The maximum atomic E-state index is 13.4. The molecule has 0 spiro atoms. The Morgan fingerprint density at radius 3 is 2.49 bits per heavy atom. The average molecular weight is 696 g/mol. The Labute approximate surface area is 257 Å². The van der Waals surface area contributed by atoms with Gasteiger partial charge in [0.25, 0.3) is 5.91 Å². The summed E-state index contributed by atoms with van der Waals surface area (Å²) in [6.07, 6.45) is 1.41. The number of hydrogen-bond donors (Lipinski definition) is 2. The van der Waals surface area contributed by atoms with Gasteiger partial charge in [0.2, 0.25) is 0 Å². The molecular weight excluding hydrogens is 674 g/mol. The number of benzene rings is 4. The van der Waals surface area contributed by atoms with Crippen LogP contribution in [0.2, 0.25) is 5.02 Å². The first-order valence-corrected chi connectivity index (χ1v) is 14.3. The first-order valence-electron chi connectivity index (χ1n) is 12.3. The predicted molar refractivity (Wildman–Crippen MR) is 168 cm³/mol. The van der Waals surface area contributed by atoms with Gasteiger partial charge in [-0.25, -0.2) is 10.2 Å². The predicted octanol–water partition coefficient (Wildman–Crippen LogP) is 8.31. The van der Waals surface area contributed by atoms with E-state index in [9.17, 15) is 9.59 Å². The smallest absolute Gasteiger partial charge is 0.343 e. The molecule has 0 aliphatic heterocycles. The lowest BCUT2D eigenvalue weighted by atomic mass is 10.0. The number of hydrazone groups is 1. The molecule has 0 radical (unpaired) electrons. The Morgan fingerprint density at radius 2 is 1.76 bits per heavy atom. The Hall–Kier alpha value is -3.92. The summed E-state index contributed by atoms with van der Waals surface area (Å²) in [7, 11) is 1.58. The number of hydrogen-bond acceptors (Lipinski definition) is 5. The van der Waals surface area contributed by atoms with Crippen LogP contribution >= 0.6 is 43.5 Å². The molecule has 0 fully saturated rings. The van der Waals surface area contributed by atoms with Gasteiger partial charge in [-0.15, -0.1) is 0 Å². The highest BCUT2D eigenvalue weighted by molar-refractivity contribution is 9.11. The zero-order valence-corrected chi connectivity index (χ0v) is 25.7. The number of carbonyl (C=O) groups is 2. The lowest BCUT2D eigenvalue weighted by molar-refractivity contribution is 0.0733. The molecule has 0 bridgehead atoms. The number of aromatic nitrogens is 1. The lowest BCUT2D eigenvalue weighted by Gasteiger charge is -2.11. The van der Waals surface area contributed by atoms with E-state index in [2.05, 4.69) is 47.4 Å². The molecule has 41 heavy (non-hydrogen) atoms. The normalized spacial score (nSPS) is 11.1. The molecule has 0 aliphatic carbocycles. The summed E-state index contributed by atoms with van der Waals surface area (Å²) in [4.78, 5) is 29.4. The van der Waals surface area contributed by atoms with Gasteiger partial charge in [0, 0.05) is 37.1 Å². The van der Waals surface area contributed by atoms with E-state index < -0.39 is 11.9 Å². The van der Waals surface area contributed by atoms with E-state index in [0.29, 0.717) is 37.5 Å². The Balaban J connectivity index is 1.46. The average Bonchev–Trinajstić information content (AvgIpc) is 3.34. The minimum absolute atomic E-state index is 0.256. The minimum atomic E-state index is -0.524. The second-order valence-corrected chi connectivity index (χ2v) is 11.2. The molecule has 0 atom stereocenters. The summed E-state index contributed by atoms with van der Waals surface area (Å²) >= 11 is 13.4. The van der Waals surface area contributed by atoms with Crippen molar-refractivity contribution in [2.75, 3.05) is 7.11 Å². The zero-order valence-electron chi connectivity index (χ0n) is 21.8. The van der Waals surface area contributed by atoms with E-state index >= 15 is 0 Å². The summed E-state index contributed by atoms with van der Waals surface area (Å²) < 4.78 is 12.4. The van der Waals surface area contributed by atoms with Crippen molar-refractivity contribution in [2.45, 2.75) is 6.92 Å². The number of amides is 1. The molecule has 2 N–H and O–H groups in total. The summed E-state index contributed by atoms with van der Waals surface area (Å²) in [6.45, 7) is 1.94. The zero-order chi connectivity index (χ0) is 29.1. The van der Waals surface area contributed by atoms with E-state index in [-0.39, 0.29) is 11.4 Å². The quantitative estimate of drug-likeness (QED) is 0.0776. The number of methoxy groups -OCH3 is 1. The van der Waals surface area contributed by atoms with Crippen LogP contribution in [-0.4, -0.2) is 30.2 Å². The molecule has 1 amide bonds. The highest BCUT2D eigenvalue weighted by Gasteiger charge is 2.21. The number of ether oxygens (including phenoxy) is 2. The van der Waals surface area contributed by atoms with Gasteiger partial charge in [-0.2, -0.15) is 5.10 Å². The summed E-state index contributed by atoms with van der Waals surface area (Å²) in [6, 6.07) is 23.3. The molecule has 0 aliphatic rings. The van der Waals surface area contributed by atoms with Crippen molar-refractivity contribution >= 4 is 72.5 Å². The van der Waals surface area contributed by atoms with E-state index in [0.717, 1.165) is 20.9 Å². The van der Waals surface area contributed by atoms with Crippen LogP contribution in [0.5, 0.6) is 11.5 Å². The third kappa shape index (κ3) is 6.22. The molecule has 0 saturated heterocycles. The van der Waals surface area contributed by atoms with Crippen LogP contribution in [0.15, 0.2) is 92.9 Å².